The number of benzene rings is 2. The first-order valence-electron chi connectivity index (χ1n) is 9.08. The van der Waals surface area contributed by atoms with Gasteiger partial charge in [-0.3, -0.25) is 9.36 Å². The van der Waals surface area contributed by atoms with Crippen LogP contribution in [0, 0.1) is 0 Å². The molecule has 1 aliphatic heterocycles. The Morgan fingerprint density at radius 1 is 1.10 bits per heavy atom. The maximum absolute atomic E-state index is 13.1. The molecule has 30 heavy (non-hydrogen) atoms. The van der Waals surface area contributed by atoms with E-state index in [1.165, 1.54) is 37.2 Å². The minimum Gasteiger partial charge on any atom is -0.493 e. The van der Waals surface area contributed by atoms with E-state index < -0.39 is 11.7 Å². The van der Waals surface area contributed by atoms with Crippen molar-refractivity contribution < 1.29 is 27.4 Å². The van der Waals surface area contributed by atoms with Crippen LogP contribution in [-0.4, -0.2) is 29.7 Å². The fourth-order valence-electron chi connectivity index (χ4n) is 3.58. The Labute approximate surface area is 170 Å². The molecule has 0 saturated heterocycles. The maximum Gasteiger partial charge on any atom is 0.416 e. The number of alkyl halides is 3. The lowest BCUT2D eigenvalue weighted by molar-refractivity contribution is -0.137. The van der Waals surface area contributed by atoms with E-state index in [9.17, 15) is 18.0 Å². The molecule has 156 valence electrons. The van der Waals surface area contributed by atoms with Crippen LogP contribution in [0.1, 0.15) is 29.2 Å². The zero-order valence-electron chi connectivity index (χ0n) is 16.2. The van der Waals surface area contributed by atoms with E-state index in [2.05, 4.69) is 10.3 Å². The average Bonchev–Trinajstić information content (AvgIpc) is 3.15. The van der Waals surface area contributed by atoms with Gasteiger partial charge in [-0.05, 0) is 35.9 Å². The van der Waals surface area contributed by atoms with Crippen LogP contribution in [0.5, 0.6) is 11.5 Å². The number of anilines is 1. The zero-order valence-corrected chi connectivity index (χ0v) is 16.2. The molecule has 6 nitrogen and oxygen atoms in total. The molecule has 1 amide bonds. The quantitative estimate of drug-likeness (QED) is 0.684. The Balaban J connectivity index is 1.78. The maximum atomic E-state index is 13.1. The number of carbonyl (C=O) groups is 1. The second kappa shape index (κ2) is 7.40. The van der Waals surface area contributed by atoms with Crippen molar-refractivity contribution in [3.63, 3.8) is 0 Å². The van der Waals surface area contributed by atoms with E-state index >= 15 is 0 Å². The second-order valence-corrected chi connectivity index (χ2v) is 6.82. The van der Waals surface area contributed by atoms with E-state index in [1.54, 1.807) is 12.1 Å². The molecule has 1 aliphatic rings. The van der Waals surface area contributed by atoms with Crippen LogP contribution >= 0.6 is 0 Å². The smallest absolute Gasteiger partial charge is 0.416 e. The molecule has 3 aromatic rings. The summed E-state index contributed by atoms with van der Waals surface area (Å²) < 4.78 is 51.4. The third-order valence-electron chi connectivity index (χ3n) is 5.03. The first-order valence-corrected chi connectivity index (χ1v) is 9.08. The number of fused-ring (bicyclic) bond motifs is 1. The van der Waals surface area contributed by atoms with Crippen molar-refractivity contribution in [1.29, 1.82) is 0 Å². The number of methoxy groups -OCH3 is 2. The van der Waals surface area contributed by atoms with Crippen LogP contribution in [0.2, 0.25) is 0 Å². The summed E-state index contributed by atoms with van der Waals surface area (Å²) >= 11 is 0. The number of nitrogens with one attached hydrogen (secondary N) is 1. The molecule has 0 aliphatic carbocycles. The fourth-order valence-corrected chi connectivity index (χ4v) is 3.58. The van der Waals surface area contributed by atoms with Crippen LogP contribution in [0.4, 0.5) is 19.0 Å². The normalized spacial score (nSPS) is 16.0. The van der Waals surface area contributed by atoms with E-state index in [4.69, 9.17) is 9.47 Å². The SMILES string of the molecule is COc1ccc([C@@H]2CC(=O)Nc3c2ncn3-c2cccc(C(F)(F)F)c2)cc1OC. The molecule has 0 unspecified atom stereocenters. The topological polar surface area (TPSA) is 65.4 Å². The third kappa shape index (κ3) is 3.47. The largest absolute Gasteiger partial charge is 0.493 e. The summed E-state index contributed by atoms with van der Waals surface area (Å²) in [7, 11) is 3.05. The summed E-state index contributed by atoms with van der Waals surface area (Å²) in [6, 6.07) is 10.2. The molecule has 2 aromatic carbocycles. The van der Waals surface area contributed by atoms with Gasteiger partial charge in [0, 0.05) is 18.0 Å². The number of nitrogens with zero attached hydrogens (tertiary/aromatic N) is 2. The lowest BCUT2D eigenvalue weighted by atomic mass is 9.89. The molecule has 4 rings (SSSR count). The van der Waals surface area contributed by atoms with Gasteiger partial charge in [-0.1, -0.05) is 12.1 Å². The van der Waals surface area contributed by atoms with Gasteiger partial charge in [0.15, 0.2) is 11.5 Å². The van der Waals surface area contributed by atoms with Crippen molar-refractivity contribution in [3.05, 3.63) is 65.6 Å². The summed E-state index contributed by atoms with van der Waals surface area (Å²) in [5.74, 6) is 0.790. The zero-order chi connectivity index (χ0) is 21.5. The molecular formula is C21H18F3N3O3. The number of hydrogen-bond acceptors (Lipinski definition) is 4. The molecule has 0 fully saturated rings. The second-order valence-electron chi connectivity index (χ2n) is 6.82. The summed E-state index contributed by atoms with van der Waals surface area (Å²) in [5.41, 5.74) is 0.838. The molecule has 0 spiro atoms. The molecule has 0 radical (unpaired) electrons. The van der Waals surface area contributed by atoms with Crippen molar-refractivity contribution in [2.24, 2.45) is 0 Å². The van der Waals surface area contributed by atoms with E-state index in [0.717, 1.165) is 17.7 Å². The van der Waals surface area contributed by atoms with Gasteiger partial charge in [0.05, 0.1) is 25.5 Å². The van der Waals surface area contributed by atoms with Gasteiger partial charge in [-0.15, -0.1) is 0 Å². The number of ether oxygens (including phenoxy) is 2. The highest BCUT2D eigenvalue weighted by Crippen LogP contribution is 2.40. The van der Waals surface area contributed by atoms with Crippen molar-refractivity contribution in [2.45, 2.75) is 18.5 Å². The lowest BCUT2D eigenvalue weighted by Gasteiger charge is -2.24. The molecule has 1 N–H and O–H groups in total. The molecule has 1 atom stereocenters. The Morgan fingerprint density at radius 3 is 2.57 bits per heavy atom. The van der Waals surface area contributed by atoms with Gasteiger partial charge in [0.1, 0.15) is 12.1 Å². The highest BCUT2D eigenvalue weighted by Gasteiger charge is 2.33. The predicted octanol–water partition coefficient (Wildman–Crippen LogP) is 4.38. The molecule has 0 bridgehead atoms. The van der Waals surface area contributed by atoms with Crippen molar-refractivity contribution in [1.82, 2.24) is 9.55 Å². The van der Waals surface area contributed by atoms with Gasteiger partial charge in [0.2, 0.25) is 5.91 Å². The number of rotatable bonds is 4. The van der Waals surface area contributed by atoms with E-state index in [-0.39, 0.29) is 23.9 Å². The third-order valence-corrected chi connectivity index (χ3v) is 5.03. The Kier molecular flexibility index (Phi) is 4.89. The Morgan fingerprint density at radius 2 is 1.87 bits per heavy atom. The molecule has 0 saturated carbocycles. The molecular weight excluding hydrogens is 399 g/mol. The molecule has 1 aromatic heterocycles. The minimum absolute atomic E-state index is 0.155. The number of aromatic nitrogens is 2. The van der Waals surface area contributed by atoms with E-state index in [0.29, 0.717) is 23.0 Å². The minimum atomic E-state index is -4.47. The van der Waals surface area contributed by atoms with Crippen molar-refractivity contribution in [3.8, 4) is 17.2 Å². The molecule has 2 heterocycles. The first kappa shape index (κ1) is 19.8. The van der Waals surface area contributed by atoms with Gasteiger partial charge < -0.3 is 14.8 Å². The van der Waals surface area contributed by atoms with Crippen molar-refractivity contribution >= 4 is 11.7 Å². The van der Waals surface area contributed by atoms with Gasteiger partial charge in [-0.25, -0.2) is 4.98 Å². The highest BCUT2D eigenvalue weighted by molar-refractivity contribution is 5.94. The Bertz CT molecular complexity index is 1110. The number of carbonyl (C=O) groups excluding carboxylic acids is 1. The van der Waals surface area contributed by atoms with Crippen LogP contribution < -0.4 is 14.8 Å². The van der Waals surface area contributed by atoms with Gasteiger partial charge >= 0.3 is 6.18 Å². The van der Waals surface area contributed by atoms with Crippen LogP contribution in [0.15, 0.2) is 48.8 Å². The molecule has 9 heteroatoms. The summed E-state index contributed by atoms with van der Waals surface area (Å²) in [6.07, 6.45) is -2.90. The first-order chi connectivity index (χ1) is 14.3. The summed E-state index contributed by atoms with van der Waals surface area (Å²) in [5, 5.41) is 2.74. The average molecular weight is 417 g/mol. The Hall–Kier alpha value is -3.49. The summed E-state index contributed by atoms with van der Waals surface area (Å²) in [4.78, 5) is 16.8. The van der Waals surface area contributed by atoms with Crippen LogP contribution in [0.25, 0.3) is 5.69 Å². The number of hydrogen-bond donors (Lipinski definition) is 1. The van der Waals surface area contributed by atoms with Crippen LogP contribution in [-0.2, 0) is 11.0 Å². The lowest BCUT2D eigenvalue weighted by Crippen LogP contribution is -2.25. The fraction of sp³-hybridized carbons (Fsp3) is 0.238. The van der Waals surface area contributed by atoms with Gasteiger partial charge in [-0.2, -0.15) is 13.2 Å². The number of halogens is 3. The number of imidazole rings is 1. The van der Waals surface area contributed by atoms with E-state index in [1.807, 2.05) is 6.07 Å². The predicted molar refractivity (Wildman–Crippen MR) is 103 cm³/mol. The monoisotopic (exact) mass is 417 g/mol. The highest BCUT2D eigenvalue weighted by atomic mass is 19.4. The van der Waals surface area contributed by atoms with Gasteiger partial charge in [0.25, 0.3) is 0 Å². The standard InChI is InChI=1S/C21H18F3N3O3/c1-29-16-7-6-12(8-17(16)30-2)15-10-18(28)26-20-19(15)25-11-27(20)14-5-3-4-13(9-14)21(22,23)24/h3-9,11,15H,10H2,1-2H3,(H,26,28)/t15-/m0/s1. The summed E-state index contributed by atoms with van der Waals surface area (Å²) in [6.45, 7) is 0. The van der Waals surface area contributed by atoms with Crippen molar-refractivity contribution in [2.75, 3.05) is 19.5 Å². The van der Waals surface area contributed by atoms with Crippen LogP contribution in [0.3, 0.4) is 0 Å². The number of amides is 1.